The van der Waals surface area contributed by atoms with Crippen molar-refractivity contribution in [3.05, 3.63) is 52.0 Å². The molecule has 126 valence electrons. The Morgan fingerprint density at radius 1 is 1.25 bits per heavy atom. The topological polar surface area (TPSA) is 66.3 Å². The lowest BCUT2D eigenvalue weighted by molar-refractivity contribution is 0.0697. The highest BCUT2D eigenvalue weighted by molar-refractivity contribution is 6.33. The number of aromatic nitrogens is 2. The zero-order chi connectivity index (χ0) is 17.1. The Morgan fingerprint density at radius 2 is 2.00 bits per heavy atom. The minimum absolute atomic E-state index is 0.109. The molecule has 7 heteroatoms. The molecule has 0 atom stereocenters. The molecular weight excluding hydrogens is 349 g/mol. The van der Waals surface area contributed by atoms with Crippen molar-refractivity contribution in [2.24, 2.45) is 0 Å². The van der Waals surface area contributed by atoms with Crippen molar-refractivity contribution in [1.82, 2.24) is 9.97 Å². The van der Waals surface area contributed by atoms with Crippen molar-refractivity contribution in [2.75, 3.05) is 4.90 Å². The molecular formula is C17H17Cl2N3O2. The molecule has 1 aliphatic carbocycles. The lowest BCUT2D eigenvalue weighted by Crippen LogP contribution is -2.33. The van der Waals surface area contributed by atoms with Crippen LogP contribution in [-0.4, -0.2) is 27.1 Å². The number of aromatic carboxylic acids is 1. The van der Waals surface area contributed by atoms with E-state index in [0.29, 0.717) is 12.6 Å². The smallest absolute Gasteiger partial charge is 0.337 e. The van der Waals surface area contributed by atoms with Crippen LogP contribution in [0.2, 0.25) is 10.3 Å². The fourth-order valence-corrected chi connectivity index (χ4v) is 3.50. The first-order valence-corrected chi connectivity index (χ1v) is 8.57. The Kier molecular flexibility index (Phi) is 5.21. The largest absolute Gasteiger partial charge is 0.478 e. The molecule has 1 N–H and O–H groups in total. The molecule has 1 saturated carbocycles. The maximum absolute atomic E-state index is 11.4. The molecule has 0 unspecified atom stereocenters. The molecule has 0 saturated heterocycles. The highest BCUT2D eigenvalue weighted by Gasteiger charge is 2.24. The lowest BCUT2D eigenvalue weighted by Gasteiger charge is -2.31. The number of hydrogen-bond acceptors (Lipinski definition) is 4. The first-order chi connectivity index (χ1) is 11.5. The Balaban J connectivity index is 1.95. The van der Waals surface area contributed by atoms with Crippen molar-refractivity contribution in [3.63, 3.8) is 0 Å². The number of benzene rings is 1. The van der Waals surface area contributed by atoms with Gasteiger partial charge in [0.15, 0.2) is 0 Å². The number of halogens is 2. The van der Waals surface area contributed by atoms with Gasteiger partial charge in [-0.25, -0.2) is 14.8 Å². The molecule has 0 radical (unpaired) electrons. The van der Waals surface area contributed by atoms with Crippen LogP contribution in [0.1, 0.15) is 41.7 Å². The zero-order valence-electron chi connectivity index (χ0n) is 13.0. The van der Waals surface area contributed by atoms with Crippen molar-refractivity contribution in [2.45, 2.75) is 38.3 Å². The first kappa shape index (κ1) is 17.0. The minimum Gasteiger partial charge on any atom is -0.478 e. The molecule has 0 aliphatic heterocycles. The van der Waals surface area contributed by atoms with Crippen LogP contribution < -0.4 is 4.90 Å². The second kappa shape index (κ2) is 7.36. The van der Waals surface area contributed by atoms with E-state index in [2.05, 4.69) is 14.9 Å². The van der Waals surface area contributed by atoms with Crippen molar-refractivity contribution in [1.29, 1.82) is 0 Å². The number of carboxylic acids is 1. The molecule has 1 fully saturated rings. The average Bonchev–Trinajstić information content (AvgIpc) is 3.07. The van der Waals surface area contributed by atoms with E-state index >= 15 is 0 Å². The predicted octanol–water partition coefficient (Wildman–Crippen LogP) is 4.43. The molecule has 3 rings (SSSR count). The van der Waals surface area contributed by atoms with Crippen LogP contribution in [0.25, 0.3) is 0 Å². The fourth-order valence-electron chi connectivity index (χ4n) is 3.13. The van der Waals surface area contributed by atoms with Gasteiger partial charge in [0.05, 0.1) is 22.8 Å². The molecule has 0 bridgehead atoms. The minimum atomic E-state index is -1.03. The van der Waals surface area contributed by atoms with Gasteiger partial charge in [0.25, 0.3) is 0 Å². The van der Waals surface area contributed by atoms with Crippen LogP contribution in [0, 0.1) is 0 Å². The van der Waals surface area contributed by atoms with Gasteiger partial charge in [0.1, 0.15) is 0 Å². The second-order valence-corrected chi connectivity index (χ2v) is 6.60. The molecule has 1 aliphatic rings. The summed E-state index contributed by atoms with van der Waals surface area (Å²) in [5.41, 5.74) is 1.74. The predicted molar refractivity (Wildman–Crippen MR) is 93.9 cm³/mol. The Bertz CT molecular complexity index is 748. The zero-order valence-corrected chi connectivity index (χ0v) is 14.5. The second-order valence-electron chi connectivity index (χ2n) is 5.85. The summed E-state index contributed by atoms with van der Waals surface area (Å²) in [6.07, 6.45) is 6.12. The highest BCUT2D eigenvalue weighted by atomic mass is 35.5. The highest BCUT2D eigenvalue weighted by Crippen LogP contribution is 2.32. The molecule has 24 heavy (non-hydrogen) atoms. The maximum Gasteiger partial charge on any atom is 0.337 e. The van der Waals surface area contributed by atoms with Crippen LogP contribution in [-0.2, 0) is 6.54 Å². The van der Waals surface area contributed by atoms with E-state index in [-0.39, 0.29) is 15.9 Å². The van der Waals surface area contributed by atoms with Gasteiger partial charge in [-0.1, -0.05) is 24.4 Å². The van der Waals surface area contributed by atoms with Crippen molar-refractivity contribution in [3.8, 4) is 0 Å². The Labute approximate surface area is 150 Å². The summed E-state index contributed by atoms with van der Waals surface area (Å²) in [5, 5.41) is 9.77. The summed E-state index contributed by atoms with van der Waals surface area (Å²) in [6.45, 7) is 0.549. The monoisotopic (exact) mass is 365 g/mol. The van der Waals surface area contributed by atoms with Gasteiger partial charge in [0, 0.05) is 17.9 Å². The standard InChI is InChI=1S/C17H17Cl2N3O2/c18-15-6-5-13(9-14(15)16(23)24)22(12-3-1-2-4-12)10-11-7-8-20-17(19)21-11/h5-9,12H,1-4,10H2,(H,23,24). The van der Waals surface area contributed by atoms with Gasteiger partial charge in [-0.15, -0.1) is 0 Å². The number of carbonyl (C=O) groups is 1. The van der Waals surface area contributed by atoms with E-state index in [9.17, 15) is 9.90 Å². The summed E-state index contributed by atoms with van der Waals surface area (Å²) in [5.74, 6) is -1.03. The molecule has 5 nitrogen and oxygen atoms in total. The quantitative estimate of drug-likeness (QED) is 0.793. The van der Waals surface area contributed by atoms with Crippen LogP contribution in [0.3, 0.4) is 0 Å². The first-order valence-electron chi connectivity index (χ1n) is 7.81. The summed E-state index contributed by atoms with van der Waals surface area (Å²) in [4.78, 5) is 21.7. The molecule has 1 aromatic carbocycles. The van der Waals surface area contributed by atoms with Crippen molar-refractivity contribution < 1.29 is 9.90 Å². The molecule has 0 amide bonds. The van der Waals surface area contributed by atoms with E-state index in [1.54, 1.807) is 18.3 Å². The maximum atomic E-state index is 11.4. The van der Waals surface area contributed by atoms with Gasteiger partial charge < -0.3 is 10.0 Å². The van der Waals surface area contributed by atoms with Gasteiger partial charge in [-0.3, -0.25) is 0 Å². The van der Waals surface area contributed by atoms with Crippen LogP contribution in [0.4, 0.5) is 5.69 Å². The molecule has 2 aromatic rings. The third-order valence-electron chi connectivity index (χ3n) is 4.29. The molecule has 1 aromatic heterocycles. The van der Waals surface area contributed by atoms with E-state index in [4.69, 9.17) is 23.2 Å². The molecule has 0 spiro atoms. The van der Waals surface area contributed by atoms with E-state index in [1.807, 2.05) is 12.1 Å². The van der Waals surface area contributed by atoms with E-state index in [1.165, 1.54) is 12.8 Å². The van der Waals surface area contributed by atoms with Crippen LogP contribution in [0.15, 0.2) is 30.5 Å². The Morgan fingerprint density at radius 3 is 2.67 bits per heavy atom. The number of nitrogens with zero attached hydrogens (tertiary/aromatic N) is 3. The number of carboxylic acid groups (broad SMARTS) is 1. The fraction of sp³-hybridized carbons (Fsp3) is 0.353. The SMILES string of the molecule is O=C(O)c1cc(N(Cc2ccnc(Cl)n2)C2CCCC2)ccc1Cl. The van der Waals surface area contributed by atoms with Gasteiger partial charge in [-0.2, -0.15) is 0 Å². The van der Waals surface area contributed by atoms with Gasteiger partial charge in [-0.05, 0) is 48.7 Å². The summed E-state index contributed by atoms with van der Waals surface area (Å²) in [7, 11) is 0. The number of anilines is 1. The van der Waals surface area contributed by atoms with E-state index in [0.717, 1.165) is 24.2 Å². The average molecular weight is 366 g/mol. The number of hydrogen-bond donors (Lipinski definition) is 1. The summed E-state index contributed by atoms with van der Waals surface area (Å²) >= 11 is 11.9. The van der Waals surface area contributed by atoms with Crippen LogP contribution in [0.5, 0.6) is 0 Å². The normalized spacial score (nSPS) is 14.8. The lowest BCUT2D eigenvalue weighted by atomic mass is 10.1. The van der Waals surface area contributed by atoms with E-state index < -0.39 is 5.97 Å². The van der Waals surface area contributed by atoms with Crippen LogP contribution >= 0.6 is 23.2 Å². The van der Waals surface area contributed by atoms with Gasteiger partial charge in [0.2, 0.25) is 5.28 Å². The number of rotatable bonds is 5. The van der Waals surface area contributed by atoms with Crippen molar-refractivity contribution >= 4 is 34.9 Å². The van der Waals surface area contributed by atoms with Gasteiger partial charge >= 0.3 is 5.97 Å². The third kappa shape index (κ3) is 3.79. The third-order valence-corrected chi connectivity index (χ3v) is 4.81. The summed E-state index contributed by atoms with van der Waals surface area (Å²) < 4.78 is 0. The summed E-state index contributed by atoms with van der Waals surface area (Å²) in [6, 6.07) is 7.29. The Hall–Kier alpha value is -1.85. The molecule has 1 heterocycles.